The van der Waals surface area contributed by atoms with Crippen LogP contribution in [0.25, 0.3) is 0 Å². The summed E-state index contributed by atoms with van der Waals surface area (Å²) in [6, 6.07) is 20.1. The molecule has 216 valence electrons. The molecule has 0 saturated carbocycles. The number of rotatable bonds is 14. The highest BCUT2D eigenvalue weighted by atomic mass is 35.5. The van der Waals surface area contributed by atoms with E-state index in [4.69, 9.17) is 17.0 Å². The summed E-state index contributed by atoms with van der Waals surface area (Å²) in [4.78, 5) is 41.0. The minimum atomic E-state index is -0.334. The number of Topliss-reactive ketones (excluding diaryl/α,β-unsaturated/α-hetero) is 1. The van der Waals surface area contributed by atoms with E-state index in [-0.39, 0.29) is 29.5 Å². The summed E-state index contributed by atoms with van der Waals surface area (Å²) in [7, 11) is 0. The highest BCUT2D eigenvalue weighted by molar-refractivity contribution is 6.31. The fourth-order valence-corrected chi connectivity index (χ4v) is 4.69. The van der Waals surface area contributed by atoms with E-state index in [1.807, 2.05) is 37.3 Å². The molecule has 4 aromatic rings. The third-order valence-corrected chi connectivity index (χ3v) is 6.96. The lowest BCUT2D eigenvalue weighted by atomic mass is 10.0. The fourth-order valence-electron chi connectivity index (χ4n) is 4.52. The van der Waals surface area contributed by atoms with Crippen molar-refractivity contribution in [2.45, 2.75) is 39.2 Å². The highest BCUT2D eigenvalue weighted by Crippen LogP contribution is 2.21. The Morgan fingerprint density at radius 1 is 0.952 bits per heavy atom. The molecule has 2 aromatic carbocycles. The SMILES string of the molecule is CCCC(=O)CCNc1ccc(Cl)cc1C(=N)CNC(=O)c1cncc(Cc2ccc(Cn3ccccc3=O)cc2)c1. The lowest BCUT2D eigenvalue weighted by molar-refractivity contribution is -0.118. The third-order valence-electron chi connectivity index (χ3n) is 6.72. The highest BCUT2D eigenvalue weighted by Gasteiger charge is 2.13. The number of anilines is 1. The van der Waals surface area contributed by atoms with Gasteiger partial charge in [-0.05, 0) is 59.9 Å². The van der Waals surface area contributed by atoms with Crippen molar-refractivity contribution < 1.29 is 9.59 Å². The summed E-state index contributed by atoms with van der Waals surface area (Å²) in [6.45, 7) is 2.93. The molecule has 0 radical (unpaired) electrons. The molecule has 0 saturated heterocycles. The first-order valence-electron chi connectivity index (χ1n) is 13.9. The zero-order valence-corrected chi connectivity index (χ0v) is 24.3. The number of carbonyl (C=O) groups is 2. The minimum Gasteiger partial charge on any atom is -0.384 e. The molecule has 0 aliphatic rings. The molecule has 0 unspecified atom stereocenters. The maximum absolute atomic E-state index is 12.9. The average molecular weight is 584 g/mol. The van der Waals surface area contributed by atoms with Gasteiger partial charge in [-0.3, -0.25) is 19.4 Å². The molecule has 3 N–H and O–H groups in total. The second-order valence-electron chi connectivity index (χ2n) is 10.1. The topological polar surface area (TPSA) is 117 Å². The fraction of sp³-hybridized carbons (Fsp3) is 0.242. The van der Waals surface area contributed by atoms with Gasteiger partial charge < -0.3 is 20.6 Å². The van der Waals surface area contributed by atoms with E-state index in [0.717, 1.165) is 23.1 Å². The maximum Gasteiger partial charge on any atom is 0.253 e. The molecule has 1 amide bonds. The van der Waals surface area contributed by atoms with Crippen LogP contribution in [0.5, 0.6) is 0 Å². The van der Waals surface area contributed by atoms with Crippen molar-refractivity contribution in [1.82, 2.24) is 14.9 Å². The molecule has 0 fully saturated rings. The number of halogens is 1. The summed E-state index contributed by atoms with van der Waals surface area (Å²) in [5, 5.41) is 15.1. The Labute approximate surface area is 250 Å². The third kappa shape index (κ3) is 8.72. The number of aromatic nitrogens is 2. The van der Waals surface area contributed by atoms with Gasteiger partial charge in [0.2, 0.25) is 0 Å². The number of carbonyl (C=O) groups excluding carboxylic acids is 2. The van der Waals surface area contributed by atoms with Gasteiger partial charge in [0, 0.05) is 60.3 Å². The van der Waals surface area contributed by atoms with Gasteiger partial charge in [0.25, 0.3) is 11.5 Å². The lowest BCUT2D eigenvalue weighted by Crippen LogP contribution is -2.30. The second-order valence-corrected chi connectivity index (χ2v) is 10.5. The quantitative estimate of drug-likeness (QED) is 0.169. The van der Waals surface area contributed by atoms with E-state index < -0.39 is 0 Å². The number of amides is 1. The molecule has 9 heteroatoms. The number of ketones is 1. The van der Waals surface area contributed by atoms with E-state index in [0.29, 0.717) is 54.2 Å². The summed E-state index contributed by atoms with van der Waals surface area (Å²) < 4.78 is 1.65. The van der Waals surface area contributed by atoms with Crippen LogP contribution in [0.15, 0.2) is 90.1 Å². The van der Waals surface area contributed by atoms with Gasteiger partial charge in [0.1, 0.15) is 5.78 Å². The predicted octanol–water partition coefficient (Wildman–Crippen LogP) is 5.50. The van der Waals surface area contributed by atoms with Crippen LogP contribution >= 0.6 is 11.6 Å². The number of hydrogen-bond acceptors (Lipinski definition) is 6. The number of hydrogen-bond donors (Lipinski definition) is 3. The van der Waals surface area contributed by atoms with Crippen molar-refractivity contribution in [2.24, 2.45) is 0 Å². The summed E-state index contributed by atoms with van der Waals surface area (Å²) in [5.41, 5.74) is 4.75. The smallest absolute Gasteiger partial charge is 0.253 e. The Morgan fingerprint density at radius 3 is 2.50 bits per heavy atom. The Bertz CT molecular complexity index is 1610. The molecule has 42 heavy (non-hydrogen) atoms. The minimum absolute atomic E-state index is 0.00118. The zero-order valence-electron chi connectivity index (χ0n) is 23.5. The van der Waals surface area contributed by atoms with E-state index in [2.05, 4.69) is 15.6 Å². The number of benzene rings is 2. The van der Waals surface area contributed by atoms with Crippen LogP contribution in [0.1, 0.15) is 58.8 Å². The summed E-state index contributed by atoms with van der Waals surface area (Å²) in [6.07, 6.45) is 7.37. The first kappa shape index (κ1) is 30.4. The Morgan fingerprint density at radius 2 is 1.74 bits per heavy atom. The van der Waals surface area contributed by atoms with E-state index in [1.54, 1.807) is 53.4 Å². The number of nitrogens with zero attached hydrogens (tertiary/aromatic N) is 2. The standard InChI is InChI=1S/C33H34ClN5O3/c1-2-5-28(40)13-14-37-31-12-11-27(34)18-29(31)30(35)21-38-33(42)26-17-25(19-36-20-26)16-23-7-9-24(10-8-23)22-39-15-4-3-6-32(39)41/h3-4,6-12,15,17-20,35,37H,2,5,13-14,16,21-22H2,1H3,(H,38,42). The molecule has 8 nitrogen and oxygen atoms in total. The van der Waals surface area contributed by atoms with Crippen molar-refractivity contribution in [3.63, 3.8) is 0 Å². The van der Waals surface area contributed by atoms with Crippen molar-refractivity contribution in [3.8, 4) is 0 Å². The van der Waals surface area contributed by atoms with Gasteiger partial charge in [-0.1, -0.05) is 48.9 Å². The Balaban J connectivity index is 1.34. The maximum atomic E-state index is 12.9. The zero-order chi connectivity index (χ0) is 29.9. The molecular weight excluding hydrogens is 550 g/mol. The molecule has 2 heterocycles. The monoisotopic (exact) mass is 583 g/mol. The van der Waals surface area contributed by atoms with Crippen LogP contribution in [-0.4, -0.2) is 40.0 Å². The van der Waals surface area contributed by atoms with Crippen LogP contribution in [0.2, 0.25) is 5.02 Å². The second kappa shape index (κ2) is 14.9. The molecule has 0 atom stereocenters. The Hall–Kier alpha value is -4.56. The van der Waals surface area contributed by atoms with E-state index >= 15 is 0 Å². The Kier molecular flexibility index (Phi) is 10.8. The van der Waals surface area contributed by atoms with Crippen molar-refractivity contribution in [2.75, 3.05) is 18.4 Å². The summed E-state index contributed by atoms with van der Waals surface area (Å²) >= 11 is 6.19. The molecule has 0 aliphatic carbocycles. The van der Waals surface area contributed by atoms with Crippen LogP contribution in [-0.2, 0) is 17.8 Å². The van der Waals surface area contributed by atoms with Crippen molar-refractivity contribution in [3.05, 3.63) is 129 Å². The predicted molar refractivity (Wildman–Crippen MR) is 167 cm³/mol. The number of pyridine rings is 2. The molecule has 0 spiro atoms. The van der Waals surface area contributed by atoms with Gasteiger partial charge in [-0.15, -0.1) is 0 Å². The van der Waals surface area contributed by atoms with Crippen molar-refractivity contribution in [1.29, 1.82) is 5.41 Å². The molecule has 0 bridgehead atoms. The largest absolute Gasteiger partial charge is 0.384 e. The van der Waals surface area contributed by atoms with E-state index in [9.17, 15) is 14.4 Å². The first-order chi connectivity index (χ1) is 20.3. The van der Waals surface area contributed by atoms with Gasteiger partial charge in [0.15, 0.2) is 0 Å². The van der Waals surface area contributed by atoms with Crippen LogP contribution in [0.3, 0.4) is 0 Å². The van der Waals surface area contributed by atoms with Crippen LogP contribution in [0, 0.1) is 5.41 Å². The normalized spacial score (nSPS) is 10.7. The first-order valence-corrected chi connectivity index (χ1v) is 14.3. The van der Waals surface area contributed by atoms with Gasteiger partial charge in [-0.2, -0.15) is 0 Å². The average Bonchev–Trinajstić information content (AvgIpc) is 2.99. The van der Waals surface area contributed by atoms with Gasteiger partial charge >= 0.3 is 0 Å². The number of nitrogens with one attached hydrogen (secondary N) is 3. The summed E-state index contributed by atoms with van der Waals surface area (Å²) in [5.74, 6) is -0.142. The van der Waals surface area contributed by atoms with Gasteiger partial charge in [-0.25, -0.2) is 0 Å². The van der Waals surface area contributed by atoms with E-state index in [1.165, 1.54) is 6.20 Å². The lowest BCUT2D eigenvalue weighted by Gasteiger charge is -2.14. The van der Waals surface area contributed by atoms with Crippen LogP contribution in [0.4, 0.5) is 5.69 Å². The molecule has 0 aliphatic heterocycles. The van der Waals surface area contributed by atoms with Crippen LogP contribution < -0.4 is 16.2 Å². The van der Waals surface area contributed by atoms with Gasteiger partial charge in [0.05, 0.1) is 24.4 Å². The van der Waals surface area contributed by atoms with Crippen molar-refractivity contribution >= 4 is 34.7 Å². The molecule has 4 rings (SSSR count). The molecule has 2 aromatic heterocycles. The molecular formula is C33H34ClN5O3.